The predicted octanol–water partition coefficient (Wildman–Crippen LogP) is 1.34. The molecule has 0 aliphatic rings. The minimum absolute atomic E-state index is 0.0106. The first-order valence-corrected chi connectivity index (χ1v) is 7.77. The number of aromatic carboxylic acids is 1. The molecule has 0 aromatic heterocycles. The summed E-state index contributed by atoms with van der Waals surface area (Å²) in [6.07, 6.45) is 0.487. The topological polar surface area (TPSA) is 104 Å². The van der Waals surface area contributed by atoms with Crippen molar-refractivity contribution in [1.82, 2.24) is 4.72 Å². The Morgan fingerprint density at radius 1 is 1.45 bits per heavy atom. The molecule has 1 rings (SSSR count). The fourth-order valence-corrected chi connectivity index (χ4v) is 3.01. The predicted molar refractivity (Wildman–Crippen MR) is 74.5 cm³/mol. The Balaban J connectivity index is 2.88. The maximum absolute atomic E-state index is 12.0. The Kier molecular flexibility index (Phi) is 5.94. The molecule has 0 aliphatic carbocycles. The highest BCUT2D eigenvalue weighted by molar-refractivity contribution is 7.89. The van der Waals surface area contributed by atoms with E-state index in [0.717, 1.165) is 12.1 Å². The largest absolute Gasteiger partial charge is 0.478 e. The van der Waals surface area contributed by atoms with Crippen LogP contribution in [0, 0.1) is 5.92 Å². The van der Waals surface area contributed by atoms with Crippen LogP contribution >= 0.6 is 11.6 Å². The standard InChI is InChI=1S/C12H16ClNO5S/c1-8(4-5-15)7-14-20(18,19)9-2-3-10(12(16)17)11(13)6-9/h2-3,6,8,14-15H,4-5,7H2,1H3,(H,16,17). The van der Waals surface area contributed by atoms with E-state index in [0.29, 0.717) is 6.42 Å². The minimum atomic E-state index is -3.75. The smallest absolute Gasteiger partial charge is 0.337 e. The number of benzene rings is 1. The van der Waals surface area contributed by atoms with Gasteiger partial charge in [-0.05, 0) is 30.5 Å². The van der Waals surface area contributed by atoms with Gasteiger partial charge in [0, 0.05) is 13.2 Å². The fraction of sp³-hybridized carbons (Fsp3) is 0.417. The van der Waals surface area contributed by atoms with Crippen molar-refractivity contribution in [1.29, 1.82) is 0 Å². The summed E-state index contributed by atoms with van der Waals surface area (Å²) in [4.78, 5) is 10.7. The van der Waals surface area contributed by atoms with Crippen molar-refractivity contribution in [2.45, 2.75) is 18.2 Å². The lowest BCUT2D eigenvalue weighted by atomic mass is 10.1. The lowest BCUT2D eigenvalue weighted by molar-refractivity contribution is 0.0697. The number of carboxylic acid groups (broad SMARTS) is 1. The van der Waals surface area contributed by atoms with Crippen molar-refractivity contribution in [3.63, 3.8) is 0 Å². The second-order valence-electron chi connectivity index (χ2n) is 4.42. The number of rotatable bonds is 7. The van der Waals surface area contributed by atoms with Crippen molar-refractivity contribution < 1.29 is 23.4 Å². The van der Waals surface area contributed by atoms with Gasteiger partial charge >= 0.3 is 5.97 Å². The molecule has 20 heavy (non-hydrogen) atoms. The maximum Gasteiger partial charge on any atom is 0.337 e. The van der Waals surface area contributed by atoms with Gasteiger partial charge in [0.1, 0.15) is 0 Å². The molecule has 1 atom stereocenters. The number of carbonyl (C=O) groups is 1. The molecular formula is C12H16ClNO5S. The normalized spacial score (nSPS) is 13.2. The first-order chi connectivity index (χ1) is 9.27. The van der Waals surface area contributed by atoms with Gasteiger partial charge < -0.3 is 10.2 Å². The Hall–Kier alpha value is -1.15. The van der Waals surface area contributed by atoms with Crippen LogP contribution in [0.5, 0.6) is 0 Å². The number of carboxylic acids is 1. The van der Waals surface area contributed by atoms with Gasteiger partial charge in [0.15, 0.2) is 0 Å². The molecule has 1 aromatic carbocycles. The molecule has 0 aliphatic heterocycles. The lowest BCUT2D eigenvalue weighted by Gasteiger charge is -2.12. The van der Waals surface area contributed by atoms with Crippen LogP contribution in [-0.4, -0.2) is 37.8 Å². The van der Waals surface area contributed by atoms with Crippen molar-refractivity contribution in [2.24, 2.45) is 5.92 Å². The first kappa shape index (κ1) is 16.9. The van der Waals surface area contributed by atoms with Gasteiger partial charge in [-0.2, -0.15) is 0 Å². The van der Waals surface area contributed by atoms with E-state index in [1.54, 1.807) is 6.92 Å². The van der Waals surface area contributed by atoms with E-state index < -0.39 is 16.0 Å². The van der Waals surface area contributed by atoms with E-state index in [-0.39, 0.29) is 34.6 Å². The van der Waals surface area contributed by atoms with Gasteiger partial charge in [-0.3, -0.25) is 0 Å². The Labute approximate surface area is 122 Å². The van der Waals surface area contributed by atoms with E-state index in [4.69, 9.17) is 21.8 Å². The average molecular weight is 322 g/mol. The van der Waals surface area contributed by atoms with Gasteiger partial charge in [0.25, 0.3) is 0 Å². The summed E-state index contributed by atoms with van der Waals surface area (Å²) in [5, 5.41) is 17.4. The van der Waals surface area contributed by atoms with Gasteiger partial charge in [-0.1, -0.05) is 18.5 Å². The summed E-state index contributed by atoms with van der Waals surface area (Å²) >= 11 is 5.74. The van der Waals surface area contributed by atoms with E-state index >= 15 is 0 Å². The lowest BCUT2D eigenvalue weighted by Crippen LogP contribution is -2.28. The second kappa shape index (κ2) is 7.03. The number of sulfonamides is 1. The van der Waals surface area contributed by atoms with E-state index in [2.05, 4.69) is 4.72 Å². The minimum Gasteiger partial charge on any atom is -0.478 e. The van der Waals surface area contributed by atoms with Crippen LogP contribution in [0.2, 0.25) is 5.02 Å². The quantitative estimate of drug-likeness (QED) is 0.703. The Morgan fingerprint density at radius 2 is 2.10 bits per heavy atom. The summed E-state index contributed by atoms with van der Waals surface area (Å²) in [5.41, 5.74) is -0.153. The van der Waals surface area contributed by atoms with Crippen LogP contribution < -0.4 is 4.72 Å². The third kappa shape index (κ3) is 4.45. The van der Waals surface area contributed by atoms with Gasteiger partial charge in [0.2, 0.25) is 10.0 Å². The summed E-state index contributed by atoms with van der Waals surface area (Å²) in [6.45, 7) is 1.97. The maximum atomic E-state index is 12.0. The van der Waals surface area contributed by atoms with E-state index in [9.17, 15) is 13.2 Å². The summed E-state index contributed by atoms with van der Waals surface area (Å²) in [7, 11) is -3.75. The molecule has 1 aromatic rings. The molecular weight excluding hydrogens is 306 g/mol. The van der Waals surface area contributed by atoms with Gasteiger partial charge in [-0.15, -0.1) is 0 Å². The highest BCUT2D eigenvalue weighted by Gasteiger charge is 2.18. The molecule has 0 amide bonds. The van der Waals surface area contributed by atoms with Crippen LogP contribution in [0.3, 0.4) is 0 Å². The van der Waals surface area contributed by atoms with Crippen LogP contribution in [0.1, 0.15) is 23.7 Å². The number of aliphatic hydroxyl groups is 1. The highest BCUT2D eigenvalue weighted by Crippen LogP contribution is 2.21. The number of halogens is 1. The monoisotopic (exact) mass is 321 g/mol. The van der Waals surface area contributed by atoms with Gasteiger partial charge in [-0.25, -0.2) is 17.9 Å². The zero-order chi connectivity index (χ0) is 15.3. The van der Waals surface area contributed by atoms with Crippen molar-refractivity contribution in [2.75, 3.05) is 13.2 Å². The van der Waals surface area contributed by atoms with Crippen molar-refractivity contribution >= 4 is 27.6 Å². The molecule has 0 saturated carbocycles. The van der Waals surface area contributed by atoms with Crippen molar-refractivity contribution in [3.05, 3.63) is 28.8 Å². The Morgan fingerprint density at radius 3 is 2.60 bits per heavy atom. The molecule has 112 valence electrons. The molecule has 3 N–H and O–H groups in total. The fourth-order valence-electron chi connectivity index (χ4n) is 1.49. The molecule has 1 unspecified atom stereocenters. The number of aliphatic hydroxyl groups excluding tert-OH is 1. The second-order valence-corrected chi connectivity index (χ2v) is 6.59. The zero-order valence-electron chi connectivity index (χ0n) is 10.8. The van der Waals surface area contributed by atoms with Gasteiger partial charge in [0.05, 0.1) is 15.5 Å². The number of hydrogen-bond donors (Lipinski definition) is 3. The third-order valence-corrected chi connectivity index (χ3v) is 4.46. The zero-order valence-corrected chi connectivity index (χ0v) is 12.4. The van der Waals surface area contributed by atoms with Crippen LogP contribution in [-0.2, 0) is 10.0 Å². The van der Waals surface area contributed by atoms with Crippen LogP contribution in [0.15, 0.2) is 23.1 Å². The van der Waals surface area contributed by atoms with Crippen LogP contribution in [0.4, 0.5) is 0 Å². The molecule has 0 saturated heterocycles. The molecule has 0 heterocycles. The molecule has 8 heteroatoms. The Bertz CT molecular complexity index is 588. The van der Waals surface area contributed by atoms with E-state index in [1.807, 2.05) is 0 Å². The summed E-state index contributed by atoms with van der Waals surface area (Å²) in [6, 6.07) is 3.44. The SMILES string of the molecule is CC(CCO)CNS(=O)(=O)c1ccc(C(=O)O)c(Cl)c1. The highest BCUT2D eigenvalue weighted by atomic mass is 35.5. The number of hydrogen-bond acceptors (Lipinski definition) is 4. The molecule has 0 radical (unpaired) electrons. The molecule has 0 spiro atoms. The van der Waals surface area contributed by atoms with Crippen molar-refractivity contribution in [3.8, 4) is 0 Å². The number of nitrogens with one attached hydrogen (secondary N) is 1. The van der Waals surface area contributed by atoms with E-state index in [1.165, 1.54) is 6.07 Å². The summed E-state index contributed by atoms with van der Waals surface area (Å²) in [5.74, 6) is -1.23. The summed E-state index contributed by atoms with van der Waals surface area (Å²) < 4.78 is 26.4. The first-order valence-electron chi connectivity index (χ1n) is 5.91. The molecule has 0 bridgehead atoms. The molecule has 0 fully saturated rings. The van der Waals surface area contributed by atoms with Crippen LogP contribution in [0.25, 0.3) is 0 Å². The average Bonchev–Trinajstić information content (AvgIpc) is 2.36. The third-order valence-electron chi connectivity index (χ3n) is 2.72. The molecule has 6 nitrogen and oxygen atoms in total.